The van der Waals surface area contributed by atoms with Gasteiger partial charge in [-0.1, -0.05) is 50.5 Å². The van der Waals surface area contributed by atoms with E-state index in [1.165, 1.54) is 50.7 Å². The van der Waals surface area contributed by atoms with Gasteiger partial charge in [-0.05, 0) is 68.4 Å². The Balaban J connectivity index is 2.28. The third-order valence-corrected chi connectivity index (χ3v) is 5.98. The first-order valence-corrected chi connectivity index (χ1v) is 10.1. The first-order chi connectivity index (χ1) is 10.7. The minimum atomic E-state index is 0.648. The summed E-state index contributed by atoms with van der Waals surface area (Å²) in [7, 11) is 0. The second-order valence-corrected chi connectivity index (χ2v) is 7.94. The van der Waals surface area contributed by atoms with Crippen LogP contribution < -0.4 is 0 Å². The summed E-state index contributed by atoms with van der Waals surface area (Å²) < 4.78 is 0. The number of allylic oxidation sites excluding steroid dienone is 2. The number of hydrogen-bond donors (Lipinski definition) is 0. The first kappa shape index (κ1) is 17.7. The molecule has 0 aliphatic heterocycles. The van der Waals surface area contributed by atoms with Crippen LogP contribution in [0.1, 0.15) is 81.9 Å². The quantitative estimate of drug-likeness (QED) is 0.295. The molecule has 1 unspecified atom stereocenters. The van der Waals surface area contributed by atoms with Crippen molar-refractivity contribution in [3.63, 3.8) is 0 Å². The molecule has 22 heavy (non-hydrogen) atoms. The number of rotatable bonds is 7. The number of unbranched alkanes of at least 4 members (excludes halogenated alkanes) is 2. The smallest absolute Gasteiger partial charge is 0.0136 e. The van der Waals surface area contributed by atoms with Gasteiger partial charge in [0.2, 0.25) is 0 Å². The van der Waals surface area contributed by atoms with Crippen molar-refractivity contribution in [1.29, 1.82) is 0 Å². The van der Waals surface area contributed by atoms with E-state index in [-0.39, 0.29) is 0 Å². The van der Waals surface area contributed by atoms with Crippen LogP contribution in [0.3, 0.4) is 0 Å². The van der Waals surface area contributed by atoms with E-state index < -0.39 is 0 Å². The Kier molecular flexibility index (Phi) is 7.08. The van der Waals surface area contributed by atoms with Gasteiger partial charge in [-0.2, -0.15) is 0 Å². The summed E-state index contributed by atoms with van der Waals surface area (Å²) in [6.07, 6.45) is 11.7. The van der Waals surface area contributed by atoms with Crippen LogP contribution in [0.5, 0.6) is 0 Å². The number of hydrogen-bond acceptors (Lipinski definition) is 1. The Morgan fingerprint density at radius 1 is 1.14 bits per heavy atom. The van der Waals surface area contributed by atoms with Crippen LogP contribution in [0.4, 0.5) is 0 Å². The molecule has 0 heterocycles. The number of aryl methyl sites for hydroxylation is 1. The third-order valence-electron chi connectivity index (χ3n) is 4.84. The Morgan fingerprint density at radius 2 is 1.95 bits per heavy atom. The van der Waals surface area contributed by atoms with Crippen LogP contribution in [-0.2, 0) is 6.42 Å². The molecule has 0 nitrogen and oxygen atoms in total. The van der Waals surface area contributed by atoms with Gasteiger partial charge >= 0.3 is 0 Å². The van der Waals surface area contributed by atoms with Gasteiger partial charge in [0.05, 0.1) is 0 Å². The minimum Gasteiger partial charge on any atom is -0.126 e. The zero-order valence-electron chi connectivity index (χ0n) is 14.9. The summed E-state index contributed by atoms with van der Waals surface area (Å²) in [6.45, 7) is 9.21. The van der Waals surface area contributed by atoms with Crippen LogP contribution in [0.15, 0.2) is 28.7 Å². The van der Waals surface area contributed by atoms with Crippen LogP contribution >= 0.6 is 11.8 Å². The molecule has 0 bridgehead atoms. The lowest BCUT2D eigenvalue weighted by Gasteiger charge is -2.24. The lowest BCUT2D eigenvalue weighted by Crippen LogP contribution is -2.06. The van der Waals surface area contributed by atoms with Crippen LogP contribution in [0, 0.1) is 6.92 Å². The predicted octanol–water partition coefficient (Wildman–Crippen LogP) is 7.05. The average molecular weight is 317 g/mol. The highest BCUT2D eigenvalue weighted by atomic mass is 32.2. The summed E-state index contributed by atoms with van der Waals surface area (Å²) in [6, 6.07) is 4.85. The molecular formula is C21H32S. The largest absolute Gasteiger partial charge is 0.126 e. The normalized spacial score (nSPS) is 18.4. The average Bonchev–Trinajstić information content (AvgIpc) is 2.51. The fourth-order valence-corrected chi connectivity index (χ4v) is 4.61. The zero-order valence-corrected chi connectivity index (χ0v) is 15.7. The van der Waals surface area contributed by atoms with Crippen molar-refractivity contribution in [1.82, 2.24) is 0 Å². The maximum atomic E-state index is 2.52. The lowest BCUT2D eigenvalue weighted by molar-refractivity contribution is 0.629. The number of benzene rings is 1. The second-order valence-electron chi connectivity index (χ2n) is 6.67. The molecular weight excluding hydrogens is 284 g/mol. The van der Waals surface area contributed by atoms with Crippen LogP contribution in [0.25, 0.3) is 0 Å². The van der Waals surface area contributed by atoms with E-state index in [0.717, 1.165) is 0 Å². The van der Waals surface area contributed by atoms with E-state index in [1.807, 2.05) is 11.8 Å². The molecule has 1 atom stereocenters. The molecule has 0 radical (unpaired) electrons. The molecule has 122 valence electrons. The standard InChI is InChI=1S/C21H32S/c1-5-7-8-11-18-13-14-20(17(4)21(18)22-6-2)19-12-9-10-16(3)15-19/h13-15,19H,5-12H2,1-4H3. The highest BCUT2D eigenvalue weighted by Gasteiger charge is 2.18. The Labute approximate surface area is 141 Å². The van der Waals surface area contributed by atoms with E-state index in [9.17, 15) is 0 Å². The monoisotopic (exact) mass is 316 g/mol. The van der Waals surface area contributed by atoms with E-state index in [2.05, 4.69) is 45.9 Å². The minimum absolute atomic E-state index is 0.648. The first-order valence-electron chi connectivity index (χ1n) is 9.09. The van der Waals surface area contributed by atoms with Gasteiger partial charge in [0.25, 0.3) is 0 Å². The summed E-state index contributed by atoms with van der Waals surface area (Å²) in [5, 5.41) is 0. The van der Waals surface area contributed by atoms with Gasteiger partial charge in [-0.3, -0.25) is 0 Å². The van der Waals surface area contributed by atoms with Gasteiger partial charge in [-0.15, -0.1) is 11.8 Å². The molecule has 0 fully saturated rings. The van der Waals surface area contributed by atoms with E-state index in [4.69, 9.17) is 0 Å². The molecule has 1 aliphatic rings. The fraction of sp³-hybridized carbons (Fsp3) is 0.619. The Bertz CT molecular complexity index is 513. The zero-order chi connectivity index (χ0) is 15.9. The summed E-state index contributed by atoms with van der Waals surface area (Å²) in [5.41, 5.74) is 6.29. The van der Waals surface area contributed by atoms with Crippen molar-refractivity contribution in [2.75, 3.05) is 5.75 Å². The van der Waals surface area contributed by atoms with Crippen molar-refractivity contribution in [2.24, 2.45) is 0 Å². The number of thioether (sulfide) groups is 1. The van der Waals surface area contributed by atoms with Gasteiger partial charge < -0.3 is 0 Å². The van der Waals surface area contributed by atoms with Crippen molar-refractivity contribution in [3.8, 4) is 0 Å². The van der Waals surface area contributed by atoms with E-state index in [1.54, 1.807) is 27.2 Å². The van der Waals surface area contributed by atoms with Gasteiger partial charge in [0.15, 0.2) is 0 Å². The molecule has 0 aromatic heterocycles. The molecule has 1 heteroatoms. The molecule has 1 aliphatic carbocycles. The maximum Gasteiger partial charge on any atom is 0.0136 e. The SMILES string of the molecule is CCCCCc1ccc(C2C=C(C)CCC2)c(C)c1SCC. The highest BCUT2D eigenvalue weighted by Crippen LogP contribution is 2.37. The van der Waals surface area contributed by atoms with E-state index >= 15 is 0 Å². The third kappa shape index (κ3) is 4.41. The fourth-order valence-electron chi connectivity index (χ4n) is 3.63. The maximum absolute atomic E-state index is 2.52. The molecule has 1 aromatic carbocycles. The Morgan fingerprint density at radius 3 is 2.64 bits per heavy atom. The predicted molar refractivity (Wildman–Crippen MR) is 101 cm³/mol. The molecule has 0 amide bonds. The summed E-state index contributed by atoms with van der Waals surface area (Å²) in [5.74, 6) is 1.82. The molecule has 1 aromatic rings. The van der Waals surface area contributed by atoms with Gasteiger partial charge in [0, 0.05) is 10.8 Å². The molecule has 0 saturated carbocycles. The molecule has 0 N–H and O–H groups in total. The highest BCUT2D eigenvalue weighted by molar-refractivity contribution is 7.99. The summed E-state index contributed by atoms with van der Waals surface area (Å²) >= 11 is 2.04. The van der Waals surface area contributed by atoms with Gasteiger partial charge in [-0.25, -0.2) is 0 Å². The lowest BCUT2D eigenvalue weighted by atomic mass is 9.83. The van der Waals surface area contributed by atoms with Crippen LogP contribution in [-0.4, -0.2) is 5.75 Å². The van der Waals surface area contributed by atoms with Crippen molar-refractivity contribution >= 4 is 11.8 Å². The van der Waals surface area contributed by atoms with Crippen molar-refractivity contribution in [3.05, 3.63) is 40.5 Å². The molecule has 0 spiro atoms. The molecule has 0 saturated heterocycles. The topological polar surface area (TPSA) is 0 Å². The van der Waals surface area contributed by atoms with E-state index in [0.29, 0.717) is 5.92 Å². The Hall–Kier alpha value is -0.690. The molecule has 2 rings (SSSR count). The van der Waals surface area contributed by atoms with Crippen molar-refractivity contribution in [2.45, 2.75) is 83.5 Å². The van der Waals surface area contributed by atoms with Crippen molar-refractivity contribution < 1.29 is 0 Å². The second kappa shape index (κ2) is 8.82. The summed E-state index contributed by atoms with van der Waals surface area (Å²) in [4.78, 5) is 1.58. The van der Waals surface area contributed by atoms with Gasteiger partial charge in [0.1, 0.15) is 0 Å². The van der Waals surface area contributed by atoms with Crippen LogP contribution in [0.2, 0.25) is 0 Å².